The van der Waals surface area contributed by atoms with Gasteiger partial charge >= 0.3 is 0 Å². The molecule has 0 aliphatic carbocycles. The maximum Gasteiger partial charge on any atom is 0.235 e. The van der Waals surface area contributed by atoms with E-state index in [1.807, 2.05) is 24.3 Å². The van der Waals surface area contributed by atoms with E-state index >= 15 is 0 Å². The molecule has 0 saturated carbocycles. The Morgan fingerprint density at radius 1 is 1.12 bits per heavy atom. The predicted molar refractivity (Wildman–Crippen MR) is 96.8 cm³/mol. The summed E-state index contributed by atoms with van der Waals surface area (Å²) >= 11 is 1.47. The molecular weight excluding hydrogens is 352 g/mol. The molecule has 0 atom stereocenters. The van der Waals surface area contributed by atoms with Crippen molar-refractivity contribution in [1.82, 2.24) is 30.0 Å². The second kappa shape index (κ2) is 5.80. The second-order valence-electron chi connectivity index (χ2n) is 6.35. The van der Waals surface area contributed by atoms with Crippen molar-refractivity contribution >= 4 is 16.3 Å². The van der Waals surface area contributed by atoms with Gasteiger partial charge in [-0.15, -0.1) is 10.2 Å². The summed E-state index contributed by atoms with van der Waals surface area (Å²) in [7, 11) is 0. The molecule has 0 spiro atoms. The van der Waals surface area contributed by atoms with Crippen LogP contribution in [0.5, 0.6) is 11.5 Å². The summed E-state index contributed by atoms with van der Waals surface area (Å²) < 4.78 is 13.0. The van der Waals surface area contributed by atoms with E-state index in [9.17, 15) is 0 Å². The van der Waals surface area contributed by atoms with E-state index in [0.29, 0.717) is 25.0 Å². The summed E-state index contributed by atoms with van der Waals surface area (Å²) in [5, 5.41) is 21.4. The van der Waals surface area contributed by atoms with Crippen molar-refractivity contribution in [3.8, 4) is 33.6 Å². The Morgan fingerprint density at radius 3 is 2.77 bits per heavy atom. The fraction of sp³-hybridized carbons (Fsp3) is 0.294. The maximum absolute atomic E-state index is 5.66. The van der Waals surface area contributed by atoms with E-state index in [2.05, 4.69) is 39.3 Å². The summed E-state index contributed by atoms with van der Waals surface area (Å²) in [5.74, 6) is 2.50. The van der Waals surface area contributed by atoms with Crippen molar-refractivity contribution in [3.63, 3.8) is 0 Å². The minimum absolute atomic E-state index is 0.364. The van der Waals surface area contributed by atoms with Gasteiger partial charge in [0.2, 0.25) is 10.8 Å². The number of nitrogens with one attached hydrogen (secondary N) is 1. The number of hydrogen-bond acceptors (Lipinski definition) is 7. The molecule has 8 nitrogen and oxygen atoms in total. The zero-order valence-electron chi connectivity index (χ0n) is 14.3. The smallest absolute Gasteiger partial charge is 0.235 e. The van der Waals surface area contributed by atoms with Gasteiger partial charge < -0.3 is 9.47 Å². The number of fused-ring (bicyclic) bond motifs is 2. The molecule has 1 aliphatic rings. The maximum atomic E-state index is 5.66. The van der Waals surface area contributed by atoms with Gasteiger partial charge in [-0.2, -0.15) is 14.7 Å². The number of aromatic amines is 1. The van der Waals surface area contributed by atoms with Crippen LogP contribution in [-0.2, 0) is 0 Å². The molecule has 0 radical (unpaired) electrons. The van der Waals surface area contributed by atoms with Gasteiger partial charge in [-0.3, -0.25) is 5.10 Å². The molecular formula is C17H16N6O2S. The Balaban J connectivity index is 1.55. The molecule has 3 aromatic heterocycles. The van der Waals surface area contributed by atoms with Gasteiger partial charge in [-0.25, -0.2) is 0 Å². The van der Waals surface area contributed by atoms with Crippen LogP contribution in [0.4, 0.5) is 0 Å². The average molecular weight is 368 g/mol. The summed E-state index contributed by atoms with van der Waals surface area (Å²) in [6, 6.07) is 7.83. The molecule has 4 heterocycles. The van der Waals surface area contributed by atoms with Crippen LogP contribution < -0.4 is 9.47 Å². The quantitative estimate of drug-likeness (QED) is 0.597. The van der Waals surface area contributed by atoms with Crippen LogP contribution in [0.25, 0.3) is 27.1 Å². The third-order valence-electron chi connectivity index (χ3n) is 4.23. The van der Waals surface area contributed by atoms with Gasteiger partial charge in [0.05, 0.1) is 0 Å². The Bertz CT molecular complexity index is 1100. The molecule has 1 aliphatic heterocycles. The number of H-pyrrole nitrogens is 1. The highest BCUT2D eigenvalue weighted by Crippen LogP contribution is 2.36. The van der Waals surface area contributed by atoms with Gasteiger partial charge in [0.1, 0.15) is 23.9 Å². The summed E-state index contributed by atoms with van der Waals surface area (Å²) in [6.07, 6.45) is 0. The SMILES string of the molecule is CC(C)c1cc(-c2nnc3sc(-c4ccc5c(c4)OCCO5)nn23)n[nH]1. The van der Waals surface area contributed by atoms with E-state index in [1.165, 1.54) is 11.3 Å². The van der Waals surface area contributed by atoms with Crippen molar-refractivity contribution in [2.75, 3.05) is 13.2 Å². The van der Waals surface area contributed by atoms with Crippen LogP contribution in [-0.4, -0.2) is 43.2 Å². The lowest BCUT2D eigenvalue weighted by Crippen LogP contribution is -2.15. The molecule has 26 heavy (non-hydrogen) atoms. The molecule has 0 amide bonds. The van der Waals surface area contributed by atoms with E-state index in [1.54, 1.807) is 4.52 Å². The number of aromatic nitrogens is 6. The Hall–Kier alpha value is -2.94. The topological polar surface area (TPSA) is 90.2 Å². The molecule has 5 rings (SSSR count). The largest absolute Gasteiger partial charge is 0.486 e. The fourth-order valence-electron chi connectivity index (χ4n) is 2.82. The lowest BCUT2D eigenvalue weighted by atomic mass is 10.1. The lowest BCUT2D eigenvalue weighted by Gasteiger charge is -2.18. The van der Waals surface area contributed by atoms with E-state index in [-0.39, 0.29) is 0 Å². The van der Waals surface area contributed by atoms with Gasteiger partial charge in [0.25, 0.3) is 0 Å². The summed E-state index contributed by atoms with van der Waals surface area (Å²) in [4.78, 5) is 0.721. The van der Waals surface area contributed by atoms with Crippen LogP contribution in [0.2, 0.25) is 0 Å². The van der Waals surface area contributed by atoms with Crippen LogP contribution in [0.15, 0.2) is 24.3 Å². The van der Waals surface area contributed by atoms with Crippen LogP contribution in [0.1, 0.15) is 25.5 Å². The first-order valence-electron chi connectivity index (χ1n) is 8.37. The number of rotatable bonds is 3. The second-order valence-corrected chi connectivity index (χ2v) is 7.30. The molecule has 1 N–H and O–H groups in total. The number of hydrogen-bond donors (Lipinski definition) is 1. The Kier molecular flexibility index (Phi) is 3.42. The van der Waals surface area contributed by atoms with Crippen LogP contribution >= 0.6 is 11.3 Å². The number of nitrogens with zero attached hydrogens (tertiary/aromatic N) is 5. The standard InChI is InChI=1S/C17H16N6O2S/c1-9(2)11-8-12(19-18-11)15-20-21-17-23(15)22-16(26-17)10-3-4-13-14(7-10)25-6-5-24-13/h3-4,7-9H,5-6H2,1-2H3,(H,18,19). The number of benzene rings is 1. The van der Waals surface area contributed by atoms with Gasteiger partial charge in [0.15, 0.2) is 11.5 Å². The van der Waals surface area contributed by atoms with Gasteiger partial charge in [-0.1, -0.05) is 25.2 Å². The highest BCUT2D eigenvalue weighted by molar-refractivity contribution is 7.19. The molecule has 4 aromatic rings. The zero-order valence-corrected chi connectivity index (χ0v) is 15.1. The summed E-state index contributed by atoms with van der Waals surface area (Å²) in [5.41, 5.74) is 2.75. The summed E-state index contributed by atoms with van der Waals surface area (Å²) in [6.45, 7) is 5.36. The van der Waals surface area contributed by atoms with Crippen LogP contribution in [0, 0.1) is 0 Å². The first-order chi connectivity index (χ1) is 12.7. The first kappa shape index (κ1) is 15.3. The van der Waals surface area contributed by atoms with Crippen molar-refractivity contribution in [1.29, 1.82) is 0 Å². The van der Waals surface area contributed by atoms with Gasteiger partial charge in [-0.05, 0) is 30.2 Å². The van der Waals surface area contributed by atoms with Crippen molar-refractivity contribution in [3.05, 3.63) is 30.0 Å². The monoisotopic (exact) mass is 368 g/mol. The van der Waals surface area contributed by atoms with E-state index in [0.717, 1.165) is 38.4 Å². The molecule has 0 fully saturated rings. The van der Waals surface area contributed by atoms with Crippen molar-refractivity contribution in [2.24, 2.45) is 0 Å². The fourth-order valence-corrected chi connectivity index (χ4v) is 3.65. The highest BCUT2D eigenvalue weighted by Gasteiger charge is 2.19. The molecule has 1 aromatic carbocycles. The molecule has 0 saturated heterocycles. The van der Waals surface area contributed by atoms with Gasteiger partial charge in [0, 0.05) is 11.3 Å². The lowest BCUT2D eigenvalue weighted by molar-refractivity contribution is 0.171. The minimum Gasteiger partial charge on any atom is -0.486 e. The highest BCUT2D eigenvalue weighted by atomic mass is 32.1. The molecule has 0 unspecified atom stereocenters. The van der Waals surface area contributed by atoms with Crippen LogP contribution in [0.3, 0.4) is 0 Å². The van der Waals surface area contributed by atoms with E-state index < -0.39 is 0 Å². The minimum atomic E-state index is 0.364. The molecule has 9 heteroatoms. The van der Waals surface area contributed by atoms with Crippen molar-refractivity contribution in [2.45, 2.75) is 19.8 Å². The average Bonchev–Trinajstić information content (AvgIpc) is 3.36. The Labute approximate surface area is 152 Å². The predicted octanol–water partition coefficient (Wildman–Crippen LogP) is 3.14. The first-order valence-corrected chi connectivity index (χ1v) is 9.18. The van der Waals surface area contributed by atoms with Crippen molar-refractivity contribution < 1.29 is 9.47 Å². The number of ether oxygens (including phenoxy) is 2. The Morgan fingerprint density at radius 2 is 1.96 bits per heavy atom. The normalized spacial score (nSPS) is 13.7. The third-order valence-corrected chi connectivity index (χ3v) is 5.18. The molecule has 132 valence electrons. The molecule has 0 bridgehead atoms. The third kappa shape index (κ3) is 2.43. The zero-order chi connectivity index (χ0) is 17.7. The van der Waals surface area contributed by atoms with E-state index in [4.69, 9.17) is 9.47 Å².